The lowest BCUT2D eigenvalue weighted by molar-refractivity contribution is 0.0696. The maximum atomic E-state index is 13.1. The standard InChI is InChI=1S/C22H22BrN3O2/c23-15-6-7-17-18(12-15)22(8-9-22)14-26(20(17)27)13-16-4-3-5-19(24-16)21(28)25-10-1-2-11-25/h3-7,12H,1-2,8-11,13-14H2. The summed E-state index contributed by atoms with van der Waals surface area (Å²) in [5, 5.41) is 0. The topological polar surface area (TPSA) is 53.5 Å². The van der Waals surface area contributed by atoms with E-state index >= 15 is 0 Å². The Bertz CT molecular complexity index is 964. The zero-order valence-electron chi connectivity index (χ0n) is 15.7. The molecule has 6 heteroatoms. The van der Waals surface area contributed by atoms with Crippen LogP contribution in [0.2, 0.25) is 0 Å². The van der Waals surface area contributed by atoms with Gasteiger partial charge in [0.1, 0.15) is 5.69 Å². The number of rotatable bonds is 3. The number of likely N-dealkylation sites (tertiary alicyclic amines) is 1. The van der Waals surface area contributed by atoms with E-state index in [4.69, 9.17) is 0 Å². The van der Waals surface area contributed by atoms with E-state index < -0.39 is 0 Å². The number of carbonyl (C=O) groups excluding carboxylic acids is 2. The van der Waals surface area contributed by atoms with Crippen molar-refractivity contribution in [3.05, 3.63) is 63.4 Å². The SMILES string of the molecule is O=C(c1cccc(CN2CC3(CC3)c3cc(Br)ccc3C2=O)n1)N1CCCC1. The molecular weight excluding hydrogens is 418 g/mol. The van der Waals surface area contributed by atoms with Crippen molar-refractivity contribution in [2.75, 3.05) is 19.6 Å². The van der Waals surface area contributed by atoms with Gasteiger partial charge in [0.2, 0.25) is 0 Å². The molecule has 2 fully saturated rings. The fourth-order valence-electron chi connectivity index (χ4n) is 4.50. The molecule has 0 unspecified atom stereocenters. The molecule has 1 spiro atoms. The number of nitrogens with zero attached hydrogens (tertiary/aromatic N) is 3. The summed E-state index contributed by atoms with van der Waals surface area (Å²) < 4.78 is 1.02. The summed E-state index contributed by atoms with van der Waals surface area (Å²) >= 11 is 3.54. The van der Waals surface area contributed by atoms with E-state index in [0.717, 1.165) is 61.0 Å². The number of fused-ring (bicyclic) bond motifs is 2. The fraction of sp³-hybridized carbons (Fsp3) is 0.409. The summed E-state index contributed by atoms with van der Waals surface area (Å²) in [6.45, 7) is 2.78. The van der Waals surface area contributed by atoms with Gasteiger partial charge >= 0.3 is 0 Å². The molecule has 28 heavy (non-hydrogen) atoms. The number of aromatic nitrogens is 1. The van der Waals surface area contributed by atoms with Crippen LogP contribution in [-0.4, -0.2) is 46.2 Å². The smallest absolute Gasteiger partial charge is 0.272 e. The number of carbonyl (C=O) groups is 2. The molecule has 2 aliphatic heterocycles. The Kier molecular flexibility index (Phi) is 4.27. The fourth-order valence-corrected chi connectivity index (χ4v) is 4.87. The lowest BCUT2D eigenvalue weighted by Gasteiger charge is -2.34. The molecule has 3 heterocycles. The summed E-state index contributed by atoms with van der Waals surface area (Å²) in [7, 11) is 0. The van der Waals surface area contributed by atoms with Crippen molar-refractivity contribution in [3.8, 4) is 0 Å². The van der Waals surface area contributed by atoms with Gasteiger partial charge in [0.25, 0.3) is 11.8 Å². The summed E-state index contributed by atoms with van der Waals surface area (Å²) in [6, 6.07) is 11.5. The number of benzene rings is 1. The molecule has 0 bridgehead atoms. The van der Waals surface area contributed by atoms with Gasteiger partial charge in [-0.2, -0.15) is 0 Å². The van der Waals surface area contributed by atoms with Gasteiger partial charge in [-0.1, -0.05) is 22.0 Å². The second-order valence-corrected chi connectivity index (χ2v) is 9.06. The Morgan fingerprint density at radius 1 is 1.14 bits per heavy atom. The highest BCUT2D eigenvalue weighted by Crippen LogP contribution is 2.53. The lowest BCUT2D eigenvalue weighted by atomic mass is 9.86. The van der Waals surface area contributed by atoms with Crippen molar-refractivity contribution in [1.82, 2.24) is 14.8 Å². The van der Waals surface area contributed by atoms with E-state index in [9.17, 15) is 9.59 Å². The first kappa shape index (κ1) is 17.9. The van der Waals surface area contributed by atoms with Gasteiger partial charge in [0, 0.05) is 35.1 Å². The van der Waals surface area contributed by atoms with Crippen LogP contribution in [-0.2, 0) is 12.0 Å². The number of halogens is 1. The summed E-state index contributed by atoms with van der Waals surface area (Å²) in [4.78, 5) is 34.1. The average molecular weight is 440 g/mol. The molecule has 144 valence electrons. The predicted molar refractivity (Wildman–Crippen MR) is 109 cm³/mol. The van der Waals surface area contributed by atoms with Gasteiger partial charge in [-0.3, -0.25) is 9.59 Å². The van der Waals surface area contributed by atoms with Crippen LogP contribution in [0.25, 0.3) is 0 Å². The Morgan fingerprint density at radius 2 is 1.93 bits per heavy atom. The molecule has 1 saturated heterocycles. The first-order valence-corrected chi connectivity index (χ1v) is 10.7. The molecule has 1 aliphatic carbocycles. The molecule has 2 aromatic rings. The Labute approximate surface area is 172 Å². The summed E-state index contributed by atoms with van der Waals surface area (Å²) in [5.41, 5.74) is 3.32. The Morgan fingerprint density at radius 3 is 2.68 bits per heavy atom. The van der Waals surface area contributed by atoms with Crippen molar-refractivity contribution in [2.45, 2.75) is 37.6 Å². The molecule has 5 nitrogen and oxygen atoms in total. The number of hydrogen-bond acceptors (Lipinski definition) is 3. The lowest BCUT2D eigenvalue weighted by Crippen LogP contribution is -2.43. The van der Waals surface area contributed by atoms with Gasteiger partial charge in [0.15, 0.2) is 0 Å². The van der Waals surface area contributed by atoms with Crippen molar-refractivity contribution in [1.29, 1.82) is 0 Å². The second-order valence-electron chi connectivity index (χ2n) is 8.14. The van der Waals surface area contributed by atoms with E-state index in [0.29, 0.717) is 12.2 Å². The Balaban J connectivity index is 1.39. The molecular formula is C22H22BrN3O2. The van der Waals surface area contributed by atoms with Crippen molar-refractivity contribution < 1.29 is 9.59 Å². The monoisotopic (exact) mass is 439 g/mol. The van der Waals surface area contributed by atoms with Crippen molar-refractivity contribution in [2.24, 2.45) is 0 Å². The average Bonchev–Trinajstić information content (AvgIpc) is 3.25. The minimum absolute atomic E-state index is 0.00169. The van der Waals surface area contributed by atoms with Crippen LogP contribution < -0.4 is 0 Å². The van der Waals surface area contributed by atoms with Crippen molar-refractivity contribution >= 4 is 27.7 Å². The highest BCUT2D eigenvalue weighted by molar-refractivity contribution is 9.10. The molecule has 5 rings (SSSR count). The third-order valence-electron chi connectivity index (χ3n) is 6.19. The van der Waals surface area contributed by atoms with Crippen LogP contribution in [0.15, 0.2) is 40.9 Å². The summed E-state index contributed by atoms with van der Waals surface area (Å²) in [5.74, 6) is 0.0521. The van der Waals surface area contributed by atoms with Gasteiger partial charge in [-0.15, -0.1) is 0 Å². The van der Waals surface area contributed by atoms with Crippen LogP contribution in [0.5, 0.6) is 0 Å². The zero-order valence-corrected chi connectivity index (χ0v) is 17.2. The Hall–Kier alpha value is -2.21. The van der Waals surface area contributed by atoms with E-state index in [1.165, 1.54) is 5.56 Å². The molecule has 2 amide bonds. The van der Waals surface area contributed by atoms with Crippen molar-refractivity contribution in [3.63, 3.8) is 0 Å². The van der Waals surface area contributed by atoms with E-state index in [1.54, 1.807) is 6.07 Å². The minimum Gasteiger partial charge on any atom is -0.337 e. The summed E-state index contributed by atoms with van der Waals surface area (Å²) in [6.07, 6.45) is 4.35. The molecule has 1 aromatic heterocycles. The van der Waals surface area contributed by atoms with Crippen LogP contribution >= 0.6 is 15.9 Å². The maximum Gasteiger partial charge on any atom is 0.272 e. The van der Waals surface area contributed by atoms with Gasteiger partial charge in [-0.05, 0) is 61.6 Å². The van der Waals surface area contributed by atoms with Crippen LogP contribution in [0.3, 0.4) is 0 Å². The number of amides is 2. The molecule has 1 aromatic carbocycles. The maximum absolute atomic E-state index is 13.1. The minimum atomic E-state index is -0.00169. The third kappa shape index (κ3) is 3.04. The van der Waals surface area contributed by atoms with Gasteiger partial charge in [0.05, 0.1) is 12.2 Å². The van der Waals surface area contributed by atoms with Crippen LogP contribution in [0.1, 0.15) is 57.8 Å². The van der Waals surface area contributed by atoms with E-state index in [1.807, 2.05) is 34.1 Å². The quantitative estimate of drug-likeness (QED) is 0.731. The van der Waals surface area contributed by atoms with Gasteiger partial charge < -0.3 is 9.80 Å². The van der Waals surface area contributed by atoms with Gasteiger partial charge in [-0.25, -0.2) is 4.98 Å². The third-order valence-corrected chi connectivity index (χ3v) is 6.68. The first-order valence-electron chi connectivity index (χ1n) is 9.90. The van der Waals surface area contributed by atoms with E-state index in [-0.39, 0.29) is 17.2 Å². The van der Waals surface area contributed by atoms with Crippen LogP contribution in [0.4, 0.5) is 0 Å². The van der Waals surface area contributed by atoms with E-state index in [2.05, 4.69) is 27.0 Å². The molecule has 3 aliphatic rings. The molecule has 0 radical (unpaired) electrons. The molecule has 1 saturated carbocycles. The first-order chi connectivity index (χ1) is 13.6. The highest BCUT2D eigenvalue weighted by atomic mass is 79.9. The second kappa shape index (κ2) is 6.69. The number of pyridine rings is 1. The molecule has 0 N–H and O–H groups in total. The normalized spacial score (nSPS) is 19.8. The zero-order chi connectivity index (χ0) is 19.3. The predicted octanol–water partition coefficient (Wildman–Crippen LogP) is 3.77. The number of hydrogen-bond donors (Lipinski definition) is 0. The highest BCUT2D eigenvalue weighted by Gasteiger charge is 2.51. The largest absolute Gasteiger partial charge is 0.337 e. The molecule has 0 atom stereocenters. The van der Waals surface area contributed by atoms with Crippen LogP contribution in [0, 0.1) is 0 Å².